The second-order valence-corrected chi connectivity index (χ2v) is 5.98. The molecule has 0 radical (unpaired) electrons. The highest BCUT2D eigenvalue weighted by Crippen LogP contribution is 2.31. The van der Waals surface area contributed by atoms with Crippen molar-refractivity contribution in [2.45, 2.75) is 6.92 Å². The molecule has 0 aliphatic heterocycles. The summed E-state index contributed by atoms with van der Waals surface area (Å²) in [6.07, 6.45) is 3.01. The van der Waals surface area contributed by atoms with Crippen molar-refractivity contribution in [2.24, 2.45) is 0 Å². The molecule has 0 unspecified atom stereocenters. The van der Waals surface area contributed by atoms with E-state index < -0.39 is 0 Å². The van der Waals surface area contributed by atoms with E-state index in [4.69, 9.17) is 20.4 Å². The molecule has 0 aliphatic rings. The lowest BCUT2D eigenvalue weighted by Gasteiger charge is -2.04. The number of carbonyl (C=O) groups is 1. The lowest BCUT2D eigenvalue weighted by Crippen LogP contribution is -2.11. The van der Waals surface area contributed by atoms with Crippen LogP contribution < -0.4 is 5.32 Å². The first kappa shape index (κ1) is 15.5. The van der Waals surface area contributed by atoms with E-state index in [0.29, 0.717) is 22.1 Å². The summed E-state index contributed by atoms with van der Waals surface area (Å²) in [5.41, 5.74) is 2.81. The van der Waals surface area contributed by atoms with Crippen LogP contribution in [0.3, 0.4) is 0 Å². The third kappa shape index (κ3) is 2.79. The maximum atomic E-state index is 12.6. The average molecular weight is 353 g/mol. The molecule has 4 aromatic rings. The number of nitrogens with one attached hydrogen (secondary N) is 1. The fourth-order valence-corrected chi connectivity index (χ4v) is 2.90. The van der Waals surface area contributed by atoms with Gasteiger partial charge in [-0.25, -0.2) is 4.98 Å². The Morgan fingerprint density at radius 1 is 1.16 bits per heavy atom. The van der Waals surface area contributed by atoms with Crippen LogP contribution in [0.25, 0.3) is 22.3 Å². The van der Waals surface area contributed by atoms with Crippen molar-refractivity contribution >= 4 is 34.2 Å². The molecular formula is C19H13ClN2O3. The number of benzene rings is 2. The molecule has 25 heavy (non-hydrogen) atoms. The summed E-state index contributed by atoms with van der Waals surface area (Å²) in [6.45, 7) is 1.84. The number of amides is 1. The maximum Gasteiger partial charge on any atom is 0.291 e. The Labute approximate surface area is 148 Å². The normalized spacial score (nSPS) is 11.0. The highest BCUT2D eigenvalue weighted by molar-refractivity contribution is 6.35. The molecule has 0 fully saturated rings. The van der Waals surface area contributed by atoms with Crippen LogP contribution in [0, 0.1) is 6.92 Å². The van der Waals surface area contributed by atoms with Crippen molar-refractivity contribution in [3.05, 3.63) is 71.4 Å². The van der Waals surface area contributed by atoms with Crippen LogP contribution in [0.2, 0.25) is 5.02 Å². The Kier molecular flexibility index (Phi) is 3.78. The van der Waals surface area contributed by atoms with Gasteiger partial charge in [0, 0.05) is 22.2 Å². The molecule has 1 amide bonds. The quantitative estimate of drug-likeness (QED) is 0.543. The first-order valence-corrected chi connectivity index (χ1v) is 7.99. The number of halogens is 1. The first-order chi connectivity index (χ1) is 12.1. The topological polar surface area (TPSA) is 68.3 Å². The molecule has 0 spiro atoms. The van der Waals surface area contributed by atoms with Crippen LogP contribution in [0.5, 0.6) is 0 Å². The molecule has 2 aromatic heterocycles. The largest absolute Gasteiger partial charge is 0.449 e. The van der Waals surface area contributed by atoms with Gasteiger partial charge in [0.25, 0.3) is 5.91 Å². The molecule has 2 aromatic carbocycles. The van der Waals surface area contributed by atoms with Crippen molar-refractivity contribution in [3.63, 3.8) is 0 Å². The SMILES string of the molecule is Cc1c(C(=O)Nc2ccc(-c3cnco3)cc2)oc2c(Cl)cccc12. The van der Waals surface area contributed by atoms with E-state index in [1.165, 1.54) is 6.39 Å². The summed E-state index contributed by atoms with van der Waals surface area (Å²) < 4.78 is 10.9. The Morgan fingerprint density at radius 3 is 2.64 bits per heavy atom. The van der Waals surface area contributed by atoms with Crippen molar-refractivity contribution < 1.29 is 13.6 Å². The summed E-state index contributed by atoms with van der Waals surface area (Å²) in [6, 6.07) is 12.7. The average Bonchev–Trinajstić information content (AvgIpc) is 3.25. The molecule has 0 saturated heterocycles. The lowest BCUT2D eigenvalue weighted by atomic mass is 10.1. The number of aromatic nitrogens is 1. The number of hydrogen-bond donors (Lipinski definition) is 1. The van der Waals surface area contributed by atoms with Gasteiger partial charge < -0.3 is 14.2 Å². The molecule has 1 N–H and O–H groups in total. The van der Waals surface area contributed by atoms with E-state index in [1.807, 2.05) is 31.2 Å². The molecule has 4 rings (SSSR count). The second-order valence-electron chi connectivity index (χ2n) is 5.57. The summed E-state index contributed by atoms with van der Waals surface area (Å²) in [5, 5.41) is 4.14. The predicted octanol–water partition coefficient (Wildman–Crippen LogP) is 5.30. The fourth-order valence-electron chi connectivity index (χ4n) is 2.69. The van der Waals surface area contributed by atoms with Crippen LogP contribution >= 0.6 is 11.6 Å². The van der Waals surface area contributed by atoms with E-state index in [2.05, 4.69) is 10.3 Å². The van der Waals surface area contributed by atoms with E-state index in [9.17, 15) is 4.79 Å². The van der Waals surface area contributed by atoms with Crippen molar-refractivity contribution in [3.8, 4) is 11.3 Å². The minimum atomic E-state index is -0.322. The van der Waals surface area contributed by atoms with Gasteiger partial charge in [-0.15, -0.1) is 0 Å². The van der Waals surface area contributed by atoms with Gasteiger partial charge in [0.2, 0.25) is 0 Å². The lowest BCUT2D eigenvalue weighted by molar-refractivity contribution is 0.0998. The standard InChI is InChI=1S/C19H13ClN2O3/c1-11-14-3-2-4-15(20)18(14)25-17(11)19(23)22-13-7-5-12(6-8-13)16-9-21-10-24-16/h2-10H,1H3,(H,22,23). The molecule has 0 aliphatic carbocycles. The Hall–Kier alpha value is -3.05. The number of rotatable bonds is 3. The zero-order chi connectivity index (χ0) is 17.4. The highest BCUT2D eigenvalue weighted by atomic mass is 35.5. The number of anilines is 1. The molecule has 0 saturated carbocycles. The summed E-state index contributed by atoms with van der Waals surface area (Å²) in [4.78, 5) is 16.4. The number of furan rings is 1. The van der Waals surface area contributed by atoms with Gasteiger partial charge in [-0.3, -0.25) is 4.79 Å². The van der Waals surface area contributed by atoms with Crippen molar-refractivity contribution in [1.82, 2.24) is 4.98 Å². The number of nitrogens with zero attached hydrogens (tertiary/aromatic N) is 1. The molecular weight excluding hydrogens is 340 g/mol. The molecule has 0 atom stereocenters. The van der Waals surface area contributed by atoms with Crippen LogP contribution in [0.4, 0.5) is 5.69 Å². The van der Waals surface area contributed by atoms with E-state index in [-0.39, 0.29) is 11.7 Å². The van der Waals surface area contributed by atoms with Gasteiger partial charge in [-0.1, -0.05) is 23.7 Å². The van der Waals surface area contributed by atoms with E-state index in [1.54, 1.807) is 24.4 Å². The minimum absolute atomic E-state index is 0.252. The van der Waals surface area contributed by atoms with Crippen LogP contribution in [0.1, 0.15) is 16.1 Å². The van der Waals surface area contributed by atoms with Crippen molar-refractivity contribution in [1.29, 1.82) is 0 Å². The zero-order valence-electron chi connectivity index (χ0n) is 13.2. The number of fused-ring (bicyclic) bond motifs is 1. The Bertz CT molecular complexity index is 1050. The molecule has 5 nitrogen and oxygen atoms in total. The summed E-state index contributed by atoms with van der Waals surface area (Å²) >= 11 is 6.13. The number of hydrogen-bond acceptors (Lipinski definition) is 4. The fraction of sp³-hybridized carbons (Fsp3) is 0.0526. The zero-order valence-corrected chi connectivity index (χ0v) is 14.0. The third-order valence-corrected chi connectivity index (χ3v) is 4.28. The van der Waals surface area contributed by atoms with Gasteiger partial charge in [0.15, 0.2) is 23.5 Å². The second kappa shape index (κ2) is 6.11. The van der Waals surface area contributed by atoms with Crippen LogP contribution in [0.15, 0.2) is 63.9 Å². The number of carbonyl (C=O) groups excluding carboxylic acids is 1. The van der Waals surface area contributed by atoms with Crippen LogP contribution in [-0.2, 0) is 0 Å². The molecule has 6 heteroatoms. The minimum Gasteiger partial charge on any atom is -0.449 e. The Balaban J connectivity index is 1.60. The molecule has 2 heterocycles. The molecule has 124 valence electrons. The molecule has 0 bridgehead atoms. The first-order valence-electron chi connectivity index (χ1n) is 7.61. The maximum absolute atomic E-state index is 12.6. The van der Waals surface area contributed by atoms with E-state index in [0.717, 1.165) is 16.5 Å². The summed E-state index contributed by atoms with van der Waals surface area (Å²) in [5.74, 6) is 0.597. The monoisotopic (exact) mass is 352 g/mol. The number of para-hydroxylation sites is 1. The smallest absolute Gasteiger partial charge is 0.291 e. The summed E-state index contributed by atoms with van der Waals surface area (Å²) in [7, 11) is 0. The van der Waals surface area contributed by atoms with Gasteiger partial charge in [0.05, 0.1) is 11.2 Å². The van der Waals surface area contributed by atoms with Gasteiger partial charge in [-0.2, -0.15) is 0 Å². The van der Waals surface area contributed by atoms with E-state index >= 15 is 0 Å². The van der Waals surface area contributed by atoms with Crippen LogP contribution in [-0.4, -0.2) is 10.9 Å². The number of aryl methyl sites for hydroxylation is 1. The van der Waals surface area contributed by atoms with Gasteiger partial charge >= 0.3 is 0 Å². The Morgan fingerprint density at radius 2 is 1.96 bits per heavy atom. The third-order valence-electron chi connectivity index (χ3n) is 3.98. The predicted molar refractivity (Wildman–Crippen MR) is 95.9 cm³/mol. The van der Waals surface area contributed by atoms with Gasteiger partial charge in [0.1, 0.15) is 0 Å². The highest BCUT2D eigenvalue weighted by Gasteiger charge is 2.19. The van der Waals surface area contributed by atoms with Gasteiger partial charge in [-0.05, 0) is 37.3 Å². The number of oxazole rings is 1. The van der Waals surface area contributed by atoms with Crippen molar-refractivity contribution in [2.75, 3.05) is 5.32 Å².